The molecule has 18 heavy (non-hydrogen) atoms. The number of rotatable bonds is 3. The van der Waals surface area contributed by atoms with Crippen LogP contribution in [0.25, 0.3) is 0 Å². The van der Waals surface area contributed by atoms with Crippen molar-refractivity contribution in [3.05, 3.63) is 52.4 Å². The average molecular weight is 309 g/mol. The van der Waals surface area contributed by atoms with Crippen molar-refractivity contribution in [3.63, 3.8) is 0 Å². The van der Waals surface area contributed by atoms with E-state index in [1.54, 1.807) is 18.1 Å². The number of benzene rings is 1. The monoisotopic (exact) mass is 308 g/mol. The summed E-state index contributed by atoms with van der Waals surface area (Å²) in [6, 6.07) is 9.45. The molecular formula is C14H14BrFN2. The number of aromatic nitrogens is 1. The third kappa shape index (κ3) is 2.70. The minimum atomic E-state index is -0.341. The molecule has 2 rings (SSSR count). The molecule has 0 saturated carbocycles. The Kier molecular flexibility index (Phi) is 3.97. The maximum Gasteiger partial charge on any atom is 0.169 e. The van der Waals surface area contributed by atoms with Crippen LogP contribution in [0.2, 0.25) is 0 Å². The summed E-state index contributed by atoms with van der Waals surface area (Å²) in [5.41, 5.74) is 2.18. The summed E-state index contributed by atoms with van der Waals surface area (Å²) in [6.45, 7) is 2.11. The topological polar surface area (TPSA) is 16.1 Å². The van der Waals surface area contributed by atoms with Crippen molar-refractivity contribution in [1.82, 2.24) is 4.98 Å². The zero-order chi connectivity index (χ0) is 13.1. The molecule has 0 aliphatic rings. The van der Waals surface area contributed by atoms with Gasteiger partial charge in [-0.2, -0.15) is 0 Å². The van der Waals surface area contributed by atoms with E-state index in [4.69, 9.17) is 0 Å². The summed E-state index contributed by atoms with van der Waals surface area (Å²) >= 11 is 3.20. The second-order valence-electron chi connectivity index (χ2n) is 4.04. The first-order chi connectivity index (χ1) is 8.61. The van der Waals surface area contributed by atoms with Crippen LogP contribution in [0, 0.1) is 5.82 Å². The van der Waals surface area contributed by atoms with E-state index in [9.17, 15) is 4.39 Å². The van der Waals surface area contributed by atoms with Gasteiger partial charge in [0, 0.05) is 23.4 Å². The lowest BCUT2D eigenvalue weighted by molar-refractivity contribution is 0.620. The second kappa shape index (κ2) is 5.48. The Morgan fingerprint density at radius 1 is 1.28 bits per heavy atom. The molecule has 0 unspecified atom stereocenters. The molecule has 1 heterocycles. The number of aryl methyl sites for hydroxylation is 1. The molecule has 2 aromatic rings. The molecule has 1 aromatic carbocycles. The SMILES string of the molecule is CCc1ccc(N(C)c2ncc(Br)cc2F)cc1. The molecule has 2 nitrogen and oxygen atoms in total. The van der Waals surface area contributed by atoms with Crippen LogP contribution in [0.1, 0.15) is 12.5 Å². The molecule has 0 saturated heterocycles. The van der Waals surface area contributed by atoms with Crippen LogP contribution < -0.4 is 4.90 Å². The molecule has 0 aliphatic heterocycles. The highest BCUT2D eigenvalue weighted by Gasteiger charge is 2.11. The highest BCUT2D eigenvalue weighted by Crippen LogP contribution is 2.26. The van der Waals surface area contributed by atoms with Gasteiger partial charge < -0.3 is 4.90 Å². The minimum absolute atomic E-state index is 0.322. The van der Waals surface area contributed by atoms with Crippen LogP contribution in [-0.4, -0.2) is 12.0 Å². The molecule has 0 bridgehead atoms. The predicted molar refractivity (Wildman–Crippen MR) is 75.8 cm³/mol. The molecule has 1 aromatic heterocycles. The Labute approximate surface area is 115 Å². The van der Waals surface area contributed by atoms with Crippen LogP contribution in [-0.2, 0) is 6.42 Å². The Hall–Kier alpha value is -1.42. The predicted octanol–water partition coefficient (Wildman–Crippen LogP) is 4.31. The molecule has 4 heteroatoms. The summed E-state index contributed by atoms with van der Waals surface area (Å²) in [6.07, 6.45) is 2.59. The summed E-state index contributed by atoms with van der Waals surface area (Å²) in [5, 5.41) is 0. The van der Waals surface area contributed by atoms with Gasteiger partial charge in [0.05, 0.1) is 0 Å². The summed E-state index contributed by atoms with van der Waals surface area (Å²) in [5.74, 6) is -0.0195. The number of halogens is 2. The van der Waals surface area contributed by atoms with Gasteiger partial charge in [0.1, 0.15) is 0 Å². The number of pyridine rings is 1. The molecule has 0 N–H and O–H groups in total. The smallest absolute Gasteiger partial charge is 0.169 e. The highest BCUT2D eigenvalue weighted by atomic mass is 79.9. The van der Waals surface area contributed by atoms with E-state index in [2.05, 4.69) is 27.8 Å². The lowest BCUT2D eigenvalue weighted by atomic mass is 10.1. The van der Waals surface area contributed by atoms with Crippen LogP contribution in [0.5, 0.6) is 0 Å². The maximum absolute atomic E-state index is 13.8. The number of hydrogen-bond donors (Lipinski definition) is 0. The zero-order valence-electron chi connectivity index (χ0n) is 10.3. The van der Waals surface area contributed by atoms with Crippen molar-refractivity contribution in [2.24, 2.45) is 0 Å². The molecule has 0 spiro atoms. The van der Waals surface area contributed by atoms with E-state index in [1.807, 2.05) is 24.3 Å². The highest BCUT2D eigenvalue weighted by molar-refractivity contribution is 9.10. The third-order valence-corrected chi connectivity index (χ3v) is 3.27. The summed E-state index contributed by atoms with van der Waals surface area (Å²) < 4.78 is 14.4. The number of anilines is 2. The van der Waals surface area contributed by atoms with Gasteiger partial charge in [-0.05, 0) is 46.1 Å². The van der Waals surface area contributed by atoms with Crippen molar-refractivity contribution in [2.75, 3.05) is 11.9 Å². The standard InChI is InChI=1S/C14H14BrFN2/c1-3-10-4-6-12(7-5-10)18(2)14-13(16)8-11(15)9-17-14/h4-9H,3H2,1-2H3. The fraction of sp³-hybridized carbons (Fsp3) is 0.214. The first kappa shape index (κ1) is 13.0. The first-order valence-electron chi connectivity index (χ1n) is 5.75. The van der Waals surface area contributed by atoms with Crippen molar-refractivity contribution < 1.29 is 4.39 Å². The normalized spacial score (nSPS) is 10.4. The molecule has 0 atom stereocenters. The molecule has 94 valence electrons. The Morgan fingerprint density at radius 3 is 2.50 bits per heavy atom. The minimum Gasteiger partial charge on any atom is -0.327 e. The van der Waals surface area contributed by atoms with Gasteiger partial charge >= 0.3 is 0 Å². The third-order valence-electron chi connectivity index (χ3n) is 2.84. The Bertz CT molecular complexity index is 540. The van der Waals surface area contributed by atoms with E-state index in [0.29, 0.717) is 10.3 Å². The Morgan fingerprint density at radius 2 is 1.94 bits per heavy atom. The van der Waals surface area contributed by atoms with Crippen LogP contribution in [0.3, 0.4) is 0 Å². The van der Waals surface area contributed by atoms with Crippen LogP contribution in [0.4, 0.5) is 15.9 Å². The van der Waals surface area contributed by atoms with Crippen LogP contribution >= 0.6 is 15.9 Å². The van der Waals surface area contributed by atoms with E-state index < -0.39 is 0 Å². The largest absolute Gasteiger partial charge is 0.327 e. The van der Waals surface area contributed by atoms with Crippen molar-refractivity contribution in [1.29, 1.82) is 0 Å². The van der Waals surface area contributed by atoms with E-state index in [0.717, 1.165) is 12.1 Å². The zero-order valence-corrected chi connectivity index (χ0v) is 11.9. The van der Waals surface area contributed by atoms with Gasteiger partial charge in [-0.1, -0.05) is 19.1 Å². The summed E-state index contributed by atoms with van der Waals surface area (Å²) in [4.78, 5) is 5.84. The molecule has 0 fully saturated rings. The number of nitrogens with zero attached hydrogens (tertiary/aromatic N) is 2. The Balaban J connectivity index is 2.31. The molecule has 0 amide bonds. The lowest BCUT2D eigenvalue weighted by Crippen LogP contribution is -2.13. The van der Waals surface area contributed by atoms with Gasteiger partial charge in [0.15, 0.2) is 11.6 Å². The molecule has 0 radical (unpaired) electrons. The van der Waals surface area contributed by atoms with Crippen molar-refractivity contribution in [2.45, 2.75) is 13.3 Å². The van der Waals surface area contributed by atoms with Crippen molar-refractivity contribution in [3.8, 4) is 0 Å². The maximum atomic E-state index is 13.8. The quantitative estimate of drug-likeness (QED) is 0.840. The van der Waals surface area contributed by atoms with E-state index >= 15 is 0 Å². The van der Waals surface area contributed by atoms with Crippen LogP contribution in [0.15, 0.2) is 41.0 Å². The molecular weight excluding hydrogens is 295 g/mol. The van der Waals surface area contributed by atoms with Gasteiger partial charge in [0.2, 0.25) is 0 Å². The van der Waals surface area contributed by atoms with Gasteiger partial charge in [-0.25, -0.2) is 9.37 Å². The fourth-order valence-corrected chi connectivity index (χ4v) is 2.04. The van der Waals surface area contributed by atoms with Crippen molar-refractivity contribution >= 4 is 27.4 Å². The van der Waals surface area contributed by atoms with Gasteiger partial charge in [-0.3, -0.25) is 0 Å². The lowest BCUT2D eigenvalue weighted by Gasteiger charge is -2.19. The first-order valence-corrected chi connectivity index (χ1v) is 6.55. The average Bonchev–Trinajstić information content (AvgIpc) is 2.38. The fourth-order valence-electron chi connectivity index (χ4n) is 1.73. The van der Waals surface area contributed by atoms with E-state index in [-0.39, 0.29) is 5.82 Å². The number of hydrogen-bond acceptors (Lipinski definition) is 2. The molecule has 0 aliphatic carbocycles. The second-order valence-corrected chi connectivity index (χ2v) is 4.95. The summed E-state index contributed by atoms with van der Waals surface area (Å²) in [7, 11) is 1.81. The van der Waals surface area contributed by atoms with E-state index in [1.165, 1.54) is 11.6 Å². The van der Waals surface area contributed by atoms with Gasteiger partial charge in [0.25, 0.3) is 0 Å². The van der Waals surface area contributed by atoms with Gasteiger partial charge in [-0.15, -0.1) is 0 Å².